The van der Waals surface area contributed by atoms with E-state index in [1.165, 1.54) is 32.3 Å². The van der Waals surface area contributed by atoms with Crippen molar-refractivity contribution in [1.82, 2.24) is 15.0 Å². The normalized spacial score (nSPS) is 14.1. The number of hydrogen-bond donors (Lipinski definition) is 0. The standard InChI is InChI=1S/C51H31N3O2/c1-2-11-30(12-3-1)49-52-50(54-51(53-49)43-19-10-18-42-39-17-8-9-20-45(39)56-48(42)43)33-23-26-41-40-25-22-32(28-46(40)55-47(41)29-33)31-21-24-38-36-15-5-4-13-34(36)35-14-6-7-16-37(35)44(38)27-31/h1-22,24-29,33H,23H2. The molecule has 0 radical (unpaired) electrons. The van der Waals surface area contributed by atoms with Crippen LogP contribution in [0.2, 0.25) is 0 Å². The monoisotopic (exact) mass is 717 g/mol. The van der Waals surface area contributed by atoms with E-state index in [1.54, 1.807) is 0 Å². The van der Waals surface area contributed by atoms with Crippen LogP contribution in [0.5, 0.6) is 0 Å². The summed E-state index contributed by atoms with van der Waals surface area (Å²) in [5, 5.41) is 11.9. The summed E-state index contributed by atoms with van der Waals surface area (Å²) in [7, 11) is 0. The third-order valence-corrected chi connectivity index (χ3v) is 11.4. The molecule has 0 spiro atoms. The molecule has 0 aliphatic heterocycles. The van der Waals surface area contributed by atoms with Crippen LogP contribution >= 0.6 is 0 Å². The van der Waals surface area contributed by atoms with Crippen LogP contribution < -0.4 is 10.6 Å². The molecule has 1 aliphatic carbocycles. The van der Waals surface area contributed by atoms with Crippen molar-refractivity contribution in [2.24, 2.45) is 0 Å². The summed E-state index contributed by atoms with van der Waals surface area (Å²) in [5.74, 6) is 1.80. The van der Waals surface area contributed by atoms with E-state index in [9.17, 15) is 0 Å². The molecule has 3 aromatic heterocycles. The lowest BCUT2D eigenvalue weighted by molar-refractivity contribution is 0.568. The van der Waals surface area contributed by atoms with Crippen LogP contribution in [0.25, 0.3) is 111 Å². The highest BCUT2D eigenvalue weighted by molar-refractivity contribution is 6.25. The molecule has 5 nitrogen and oxygen atoms in total. The highest BCUT2D eigenvalue weighted by Gasteiger charge is 2.22. The lowest BCUT2D eigenvalue weighted by Crippen LogP contribution is -2.25. The fraction of sp³-hybridized carbons (Fsp3) is 0.0392. The van der Waals surface area contributed by atoms with Crippen LogP contribution in [0.15, 0.2) is 167 Å². The summed E-state index contributed by atoms with van der Waals surface area (Å²) in [6.07, 6.45) is 5.18. The zero-order chi connectivity index (χ0) is 36.7. The first-order valence-electron chi connectivity index (χ1n) is 19.0. The molecule has 0 saturated carbocycles. The third-order valence-electron chi connectivity index (χ3n) is 11.4. The molecule has 0 bridgehead atoms. The molecule has 8 aromatic carbocycles. The Kier molecular flexibility index (Phi) is 6.69. The van der Waals surface area contributed by atoms with Gasteiger partial charge in [-0.1, -0.05) is 133 Å². The Morgan fingerprint density at radius 1 is 0.429 bits per heavy atom. The third kappa shape index (κ3) is 4.77. The summed E-state index contributed by atoms with van der Waals surface area (Å²) >= 11 is 0. The second-order valence-corrected chi connectivity index (χ2v) is 14.6. The van der Waals surface area contributed by atoms with Crippen molar-refractivity contribution in [2.75, 3.05) is 0 Å². The molecule has 5 heteroatoms. The van der Waals surface area contributed by atoms with Gasteiger partial charge in [0.1, 0.15) is 28.0 Å². The first-order valence-corrected chi connectivity index (χ1v) is 19.0. The van der Waals surface area contributed by atoms with Crippen molar-refractivity contribution in [2.45, 2.75) is 12.3 Å². The van der Waals surface area contributed by atoms with Gasteiger partial charge in [0.2, 0.25) is 0 Å². The van der Waals surface area contributed by atoms with Gasteiger partial charge in [-0.15, -0.1) is 0 Å². The molecule has 0 fully saturated rings. The molecule has 1 aliphatic rings. The van der Waals surface area contributed by atoms with Crippen LogP contribution in [0, 0.1) is 0 Å². The van der Waals surface area contributed by atoms with Gasteiger partial charge in [0.15, 0.2) is 11.6 Å². The number of benzene rings is 8. The van der Waals surface area contributed by atoms with Gasteiger partial charge < -0.3 is 8.83 Å². The van der Waals surface area contributed by atoms with Crippen molar-refractivity contribution in [3.8, 4) is 33.9 Å². The maximum absolute atomic E-state index is 6.67. The van der Waals surface area contributed by atoms with E-state index in [1.807, 2.05) is 60.7 Å². The molecule has 0 amide bonds. The molecular formula is C51H31N3O2. The predicted molar refractivity (Wildman–Crippen MR) is 228 cm³/mol. The Balaban J connectivity index is 0.973. The summed E-state index contributed by atoms with van der Waals surface area (Å²) in [6, 6.07) is 55.2. The molecular weight excluding hydrogens is 687 g/mol. The van der Waals surface area contributed by atoms with Crippen molar-refractivity contribution >= 4 is 77.4 Å². The Hall–Kier alpha value is -7.37. The number of rotatable bonds is 4. The number of fused-ring (bicyclic) bond motifs is 12. The molecule has 1 unspecified atom stereocenters. The van der Waals surface area contributed by atoms with Gasteiger partial charge in [-0.05, 0) is 86.3 Å². The van der Waals surface area contributed by atoms with Crippen LogP contribution in [0.3, 0.4) is 0 Å². The van der Waals surface area contributed by atoms with Crippen LogP contribution in [-0.4, -0.2) is 15.0 Å². The van der Waals surface area contributed by atoms with Crippen molar-refractivity contribution in [3.63, 3.8) is 0 Å². The highest BCUT2D eigenvalue weighted by Crippen LogP contribution is 2.38. The number of furan rings is 2. The number of hydrogen-bond acceptors (Lipinski definition) is 5. The first kappa shape index (κ1) is 31.0. The summed E-state index contributed by atoms with van der Waals surface area (Å²) in [4.78, 5) is 15.2. The largest absolute Gasteiger partial charge is 0.456 e. The summed E-state index contributed by atoms with van der Waals surface area (Å²) < 4.78 is 13.1. The highest BCUT2D eigenvalue weighted by atomic mass is 16.3. The van der Waals surface area contributed by atoms with Crippen LogP contribution in [0.4, 0.5) is 0 Å². The zero-order valence-corrected chi connectivity index (χ0v) is 30.1. The Morgan fingerprint density at radius 2 is 1.05 bits per heavy atom. The van der Waals surface area contributed by atoms with Crippen molar-refractivity contribution in [1.29, 1.82) is 0 Å². The average Bonchev–Trinajstić information content (AvgIpc) is 3.84. The van der Waals surface area contributed by atoms with E-state index in [0.717, 1.165) is 72.2 Å². The Bertz CT molecular complexity index is 3490. The lowest BCUT2D eigenvalue weighted by atomic mass is 9.92. The smallest absolute Gasteiger partial charge is 0.167 e. The van der Waals surface area contributed by atoms with Gasteiger partial charge in [0.05, 0.1) is 5.56 Å². The minimum atomic E-state index is -0.106. The van der Waals surface area contributed by atoms with E-state index in [0.29, 0.717) is 17.5 Å². The molecule has 56 heavy (non-hydrogen) atoms. The Morgan fingerprint density at radius 3 is 1.84 bits per heavy atom. The molecule has 1 atom stereocenters. The molecule has 0 N–H and O–H groups in total. The number of para-hydroxylation sites is 2. The number of aromatic nitrogens is 3. The van der Waals surface area contributed by atoms with Crippen molar-refractivity contribution in [3.05, 3.63) is 174 Å². The van der Waals surface area contributed by atoms with Gasteiger partial charge in [-0.25, -0.2) is 15.0 Å². The minimum absolute atomic E-state index is 0.106. The van der Waals surface area contributed by atoms with Gasteiger partial charge in [0.25, 0.3) is 0 Å². The van der Waals surface area contributed by atoms with E-state index in [4.69, 9.17) is 23.8 Å². The second kappa shape index (κ2) is 12.1. The van der Waals surface area contributed by atoms with Crippen molar-refractivity contribution < 1.29 is 8.83 Å². The maximum Gasteiger partial charge on any atom is 0.167 e. The lowest BCUT2D eigenvalue weighted by Gasteiger charge is -2.14. The maximum atomic E-state index is 6.67. The van der Waals surface area contributed by atoms with E-state index in [2.05, 4.69) is 109 Å². The fourth-order valence-electron chi connectivity index (χ4n) is 8.73. The van der Waals surface area contributed by atoms with Gasteiger partial charge in [-0.2, -0.15) is 0 Å². The minimum Gasteiger partial charge on any atom is -0.456 e. The number of nitrogens with zero attached hydrogens (tertiary/aromatic N) is 3. The topological polar surface area (TPSA) is 65.0 Å². The second-order valence-electron chi connectivity index (χ2n) is 14.6. The molecule has 0 saturated heterocycles. The van der Waals surface area contributed by atoms with Crippen LogP contribution in [0.1, 0.15) is 18.2 Å². The Labute approximate surface area is 320 Å². The van der Waals surface area contributed by atoms with Gasteiger partial charge >= 0.3 is 0 Å². The first-order chi connectivity index (χ1) is 27.7. The van der Waals surface area contributed by atoms with E-state index < -0.39 is 0 Å². The SMILES string of the molecule is C1=c2oc3cc(-c4ccc5c6ccccc6c6ccccc6c5c4)ccc3c2=CCC1c1nc(-c2ccccc2)nc(-c2cccc3c2oc2ccccc23)n1. The van der Waals surface area contributed by atoms with Gasteiger partial charge in [0, 0.05) is 32.9 Å². The molecule has 3 heterocycles. The van der Waals surface area contributed by atoms with E-state index in [-0.39, 0.29) is 5.92 Å². The predicted octanol–water partition coefficient (Wildman–Crippen LogP) is 11.7. The van der Waals surface area contributed by atoms with E-state index >= 15 is 0 Å². The molecule has 262 valence electrons. The quantitative estimate of drug-likeness (QED) is 0.170. The fourth-order valence-corrected chi connectivity index (χ4v) is 8.73. The summed E-state index contributed by atoms with van der Waals surface area (Å²) in [6.45, 7) is 0. The van der Waals surface area contributed by atoms with Crippen LogP contribution in [-0.2, 0) is 0 Å². The molecule has 11 aromatic rings. The average molecular weight is 718 g/mol. The zero-order valence-electron chi connectivity index (χ0n) is 30.1. The van der Waals surface area contributed by atoms with Gasteiger partial charge in [-0.3, -0.25) is 0 Å². The molecule has 12 rings (SSSR count). The summed E-state index contributed by atoms with van der Waals surface area (Å²) in [5.41, 5.74) is 7.36.